The van der Waals surface area contributed by atoms with Gasteiger partial charge in [0, 0.05) is 17.9 Å². The Hall–Kier alpha value is -0.930. The summed E-state index contributed by atoms with van der Waals surface area (Å²) in [5.41, 5.74) is 7.03. The Kier molecular flexibility index (Phi) is 4.72. The molecular weight excluding hydrogens is 188 g/mol. The zero-order chi connectivity index (χ0) is 11.1. The van der Waals surface area contributed by atoms with Crippen LogP contribution >= 0.6 is 0 Å². The second-order valence-electron chi connectivity index (χ2n) is 3.92. The Balaban J connectivity index is 2.33. The lowest BCUT2D eigenvalue weighted by molar-refractivity contribution is 0.0695. The van der Waals surface area contributed by atoms with Gasteiger partial charge in [0.2, 0.25) is 0 Å². The Morgan fingerprint density at radius 2 is 2.13 bits per heavy atom. The number of hydrogen-bond donors (Lipinski definition) is 1. The van der Waals surface area contributed by atoms with Crippen LogP contribution in [-0.4, -0.2) is 17.1 Å². The fourth-order valence-electron chi connectivity index (χ4n) is 1.31. The Bertz CT molecular complexity index is 270. The number of rotatable bonds is 6. The summed E-state index contributed by atoms with van der Waals surface area (Å²) in [7, 11) is 0. The lowest BCUT2D eigenvalue weighted by atomic mass is 9.96. The molecule has 2 N–H and O–H groups in total. The van der Waals surface area contributed by atoms with Crippen molar-refractivity contribution < 1.29 is 4.74 Å². The lowest BCUT2D eigenvalue weighted by Crippen LogP contribution is -2.43. The number of pyridine rings is 1. The molecule has 0 aliphatic rings. The van der Waals surface area contributed by atoms with Gasteiger partial charge in [0.25, 0.3) is 0 Å². The van der Waals surface area contributed by atoms with Gasteiger partial charge in [0.05, 0.1) is 13.2 Å². The molecule has 3 heteroatoms. The lowest BCUT2D eigenvalue weighted by Gasteiger charge is -2.26. The zero-order valence-corrected chi connectivity index (χ0v) is 9.57. The molecule has 0 amide bonds. The predicted molar refractivity (Wildman–Crippen MR) is 61.4 cm³/mol. The van der Waals surface area contributed by atoms with E-state index in [0.717, 1.165) is 18.4 Å². The second-order valence-corrected chi connectivity index (χ2v) is 3.92. The van der Waals surface area contributed by atoms with Crippen molar-refractivity contribution in [3.05, 3.63) is 30.1 Å². The van der Waals surface area contributed by atoms with E-state index < -0.39 is 0 Å². The topological polar surface area (TPSA) is 48.1 Å². The van der Waals surface area contributed by atoms with E-state index in [-0.39, 0.29) is 5.54 Å². The van der Waals surface area contributed by atoms with Gasteiger partial charge in [-0.15, -0.1) is 0 Å². The molecule has 84 valence electrons. The molecule has 0 aliphatic carbocycles. The van der Waals surface area contributed by atoms with E-state index in [1.54, 1.807) is 6.20 Å². The van der Waals surface area contributed by atoms with Crippen LogP contribution in [0, 0.1) is 0 Å². The van der Waals surface area contributed by atoms with Crippen molar-refractivity contribution in [2.75, 3.05) is 6.61 Å². The minimum absolute atomic E-state index is 0.178. The van der Waals surface area contributed by atoms with Gasteiger partial charge in [-0.2, -0.15) is 0 Å². The summed E-state index contributed by atoms with van der Waals surface area (Å²) in [5, 5.41) is 0. The van der Waals surface area contributed by atoms with Crippen molar-refractivity contribution in [2.24, 2.45) is 5.73 Å². The van der Waals surface area contributed by atoms with E-state index >= 15 is 0 Å². The average molecular weight is 208 g/mol. The van der Waals surface area contributed by atoms with Gasteiger partial charge in [-0.25, -0.2) is 0 Å². The van der Waals surface area contributed by atoms with Crippen molar-refractivity contribution in [3.8, 4) is 0 Å². The first kappa shape index (κ1) is 12.1. The normalized spacial score (nSPS) is 11.7. The van der Waals surface area contributed by atoms with Crippen LogP contribution in [0.3, 0.4) is 0 Å². The molecule has 15 heavy (non-hydrogen) atoms. The molecule has 1 rings (SSSR count). The van der Waals surface area contributed by atoms with Crippen molar-refractivity contribution in [2.45, 2.75) is 38.8 Å². The van der Waals surface area contributed by atoms with E-state index in [0.29, 0.717) is 13.2 Å². The summed E-state index contributed by atoms with van der Waals surface area (Å²) >= 11 is 0. The highest BCUT2D eigenvalue weighted by Crippen LogP contribution is 2.12. The maximum Gasteiger partial charge on any atom is 0.0732 e. The molecule has 0 atom stereocenters. The molecule has 0 unspecified atom stereocenters. The van der Waals surface area contributed by atoms with Crippen molar-refractivity contribution in [3.63, 3.8) is 0 Å². The molecule has 0 aliphatic heterocycles. The zero-order valence-electron chi connectivity index (χ0n) is 9.57. The molecule has 0 saturated heterocycles. The van der Waals surface area contributed by atoms with E-state index in [4.69, 9.17) is 10.5 Å². The van der Waals surface area contributed by atoms with Crippen LogP contribution in [0.5, 0.6) is 0 Å². The van der Waals surface area contributed by atoms with Gasteiger partial charge in [-0.3, -0.25) is 4.98 Å². The first-order valence-corrected chi connectivity index (χ1v) is 5.45. The fourth-order valence-corrected chi connectivity index (χ4v) is 1.31. The van der Waals surface area contributed by atoms with Crippen LogP contribution in [0.25, 0.3) is 0 Å². The summed E-state index contributed by atoms with van der Waals surface area (Å²) in [6.07, 6.45) is 5.46. The van der Waals surface area contributed by atoms with Gasteiger partial charge in [0.15, 0.2) is 0 Å². The molecule has 0 aromatic carbocycles. The number of ether oxygens (including phenoxy) is 1. The largest absolute Gasteiger partial charge is 0.375 e. The molecule has 1 aromatic rings. The third-order valence-corrected chi connectivity index (χ3v) is 2.79. The van der Waals surface area contributed by atoms with Crippen LogP contribution in [0.15, 0.2) is 24.5 Å². The smallest absolute Gasteiger partial charge is 0.0732 e. The van der Waals surface area contributed by atoms with E-state index in [1.165, 1.54) is 0 Å². The van der Waals surface area contributed by atoms with Gasteiger partial charge in [-0.1, -0.05) is 19.9 Å². The summed E-state index contributed by atoms with van der Waals surface area (Å²) < 4.78 is 5.60. The first-order valence-electron chi connectivity index (χ1n) is 5.45. The van der Waals surface area contributed by atoms with Gasteiger partial charge < -0.3 is 10.5 Å². The summed E-state index contributed by atoms with van der Waals surface area (Å²) in [4.78, 5) is 4.03. The van der Waals surface area contributed by atoms with E-state index in [1.807, 2.05) is 18.3 Å². The van der Waals surface area contributed by atoms with Crippen LogP contribution < -0.4 is 5.73 Å². The Morgan fingerprint density at radius 3 is 2.67 bits per heavy atom. The van der Waals surface area contributed by atoms with Crippen molar-refractivity contribution in [1.82, 2.24) is 4.98 Å². The molecule has 3 nitrogen and oxygen atoms in total. The molecule has 1 heterocycles. The van der Waals surface area contributed by atoms with Crippen LogP contribution in [-0.2, 0) is 11.3 Å². The van der Waals surface area contributed by atoms with Crippen LogP contribution in [0.1, 0.15) is 32.3 Å². The third-order valence-electron chi connectivity index (χ3n) is 2.79. The number of aromatic nitrogens is 1. The molecule has 0 saturated carbocycles. The number of nitrogens with two attached hydrogens (primary N) is 1. The molecule has 0 fully saturated rings. The maximum atomic E-state index is 6.12. The standard InChI is InChI=1S/C12H20N2O/c1-3-12(13,4-2)10-15-9-11-6-5-7-14-8-11/h5-8H,3-4,9-10,13H2,1-2H3. The van der Waals surface area contributed by atoms with Crippen molar-refractivity contribution >= 4 is 0 Å². The SMILES string of the molecule is CCC(N)(CC)COCc1cccnc1. The summed E-state index contributed by atoms with van der Waals surface area (Å²) in [6.45, 7) is 5.38. The number of nitrogens with zero attached hydrogens (tertiary/aromatic N) is 1. The van der Waals surface area contributed by atoms with Crippen LogP contribution in [0.4, 0.5) is 0 Å². The highest BCUT2D eigenvalue weighted by molar-refractivity contribution is 5.06. The molecule has 0 radical (unpaired) electrons. The Morgan fingerprint density at radius 1 is 1.40 bits per heavy atom. The quantitative estimate of drug-likeness (QED) is 0.779. The monoisotopic (exact) mass is 208 g/mol. The molecule has 1 aromatic heterocycles. The molecule has 0 spiro atoms. The molecular formula is C12H20N2O. The van der Waals surface area contributed by atoms with Gasteiger partial charge >= 0.3 is 0 Å². The Labute approximate surface area is 91.7 Å². The predicted octanol–water partition coefficient (Wildman–Crippen LogP) is 2.12. The number of hydrogen-bond acceptors (Lipinski definition) is 3. The minimum Gasteiger partial charge on any atom is -0.375 e. The molecule has 0 bridgehead atoms. The van der Waals surface area contributed by atoms with Crippen LogP contribution in [0.2, 0.25) is 0 Å². The average Bonchev–Trinajstić information content (AvgIpc) is 2.30. The highest BCUT2D eigenvalue weighted by Gasteiger charge is 2.19. The minimum atomic E-state index is -0.178. The summed E-state index contributed by atoms with van der Waals surface area (Å²) in [6, 6.07) is 3.91. The summed E-state index contributed by atoms with van der Waals surface area (Å²) in [5.74, 6) is 0. The maximum absolute atomic E-state index is 6.12. The fraction of sp³-hybridized carbons (Fsp3) is 0.583. The van der Waals surface area contributed by atoms with Gasteiger partial charge in [0.1, 0.15) is 0 Å². The highest BCUT2D eigenvalue weighted by atomic mass is 16.5. The van der Waals surface area contributed by atoms with E-state index in [9.17, 15) is 0 Å². The second kappa shape index (κ2) is 5.83. The van der Waals surface area contributed by atoms with Gasteiger partial charge in [-0.05, 0) is 24.5 Å². The third kappa shape index (κ3) is 3.98. The van der Waals surface area contributed by atoms with Crippen molar-refractivity contribution in [1.29, 1.82) is 0 Å². The first-order chi connectivity index (χ1) is 7.20. The van der Waals surface area contributed by atoms with E-state index in [2.05, 4.69) is 18.8 Å².